The van der Waals surface area contributed by atoms with E-state index in [9.17, 15) is 42.6 Å². The summed E-state index contributed by atoms with van der Waals surface area (Å²) in [5.41, 5.74) is 0.809. The van der Waals surface area contributed by atoms with E-state index in [0.717, 1.165) is 11.8 Å². The Labute approximate surface area is 297 Å². The average Bonchev–Trinajstić information content (AvgIpc) is 3.88. The number of hydrogen-bond donors (Lipinski definition) is 7. The normalized spacial score (nSPS) is 13.6. The molecular weight excluding hydrogens is 715 g/mol. The van der Waals surface area contributed by atoms with Crippen molar-refractivity contribution in [3.8, 4) is 11.9 Å². The summed E-state index contributed by atoms with van der Waals surface area (Å²) in [4.78, 5) is 64.6. The van der Waals surface area contributed by atoms with E-state index >= 15 is 0 Å². The molecule has 2 aromatic heterocycles. The molecule has 272 valence electrons. The molecule has 0 bridgehead atoms. The van der Waals surface area contributed by atoms with Crippen LogP contribution >= 0.6 is 11.6 Å². The number of carboxylic acids is 1. The average molecular weight is 744 g/mol. The third-order valence-electron chi connectivity index (χ3n) is 7.41. The van der Waals surface area contributed by atoms with Gasteiger partial charge in [-0.1, -0.05) is 23.7 Å². The van der Waals surface area contributed by atoms with Crippen LogP contribution in [0, 0.1) is 0 Å². The number of pyridine rings is 1. The van der Waals surface area contributed by atoms with Crippen molar-refractivity contribution < 1.29 is 47.3 Å². The summed E-state index contributed by atoms with van der Waals surface area (Å²) < 4.78 is 43.5. The van der Waals surface area contributed by atoms with Crippen LogP contribution in [0.2, 0.25) is 5.02 Å². The minimum atomic E-state index is -4.65. The molecule has 0 spiro atoms. The third-order valence-corrected chi connectivity index (χ3v) is 7.67. The van der Waals surface area contributed by atoms with Crippen LogP contribution in [0.5, 0.6) is 11.9 Å². The van der Waals surface area contributed by atoms with Gasteiger partial charge in [-0.15, -0.1) is 0 Å². The first kappa shape index (κ1) is 37.0. The molecular formula is C32H29ClF3N9O7. The molecule has 0 aliphatic heterocycles. The summed E-state index contributed by atoms with van der Waals surface area (Å²) in [6.07, 6.45) is -2.40. The molecule has 52 heavy (non-hydrogen) atoms. The van der Waals surface area contributed by atoms with Crippen LogP contribution < -0.4 is 31.3 Å². The van der Waals surface area contributed by atoms with Crippen LogP contribution in [0.25, 0.3) is 0 Å². The van der Waals surface area contributed by atoms with Crippen molar-refractivity contribution in [3.05, 3.63) is 83.0 Å². The number of aromatic hydroxyl groups is 1. The van der Waals surface area contributed by atoms with Gasteiger partial charge in [0.15, 0.2) is 6.61 Å². The number of halogens is 4. The number of ether oxygens (including phenoxy) is 1. The van der Waals surface area contributed by atoms with Crippen molar-refractivity contribution in [1.29, 1.82) is 0 Å². The van der Waals surface area contributed by atoms with Crippen LogP contribution in [0.3, 0.4) is 0 Å². The van der Waals surface area contributed by atoms with E-state index in [1.165, 1.54) is 36.4 Å². The van der Waals surface area contributed by atoms with Crippen LogP contribution in [0.1, 0.15) is 35.2 Å². The van der Waals surface area contributed by atoms with Gasteiger partial charge >= 0.3 is 30.0 Å². The largest absolute Gasteiger partial charge is 0.493 e. The van der Waals surface area contributed by atoms with E-state index in [2.05, 4.69) is 46.5 Å². The van der Waals surface area contributed by atoms with Crippen LogP contribution in [0.15, 0.2) is 66.9 Å². The van der Waals surface area contributed by atoms with Gasteiger partial charge in [-0.05, 0) is 67.3 Å². The lowest BCUT2D eigenvalue weighted by atomic mass is 10.1. The molecule has 0 unspecified atom stereocenters. The number of carbonyl (C=O) groups excluding carboxylic acids is 3. The molecule has 0 radical (unpaired) electrons. The minimum Gasteiger partial charge on any atom is -0.493 e. The first-order valence-corrected chi connectivity index (χ1v) is 15.7. The van der Waals surface area contributed by atoms with Gasteiger partial charge in [0.1, 0.15) is 6.04 Å². The smallest absolute Gasteiger partial charge is 0.422 e. The Bertz CT molecular complexity index is 1930. The number of benzene rings is 2. The lowest BCUT2D eigenvalue weighted by Gasteiger charge is -2.19. The number of carbonyl (C=O) groups is 4. The van der Waals surface area contributed by atoms with Gasteiger partial charge in [-0.2, -0.15) is 28.1 Å². The van der Waals surface area contributed by atoms with Gasteiger partial charge in [-0.25, -0.2) is 9.78 Å². The number of rotatable bonds is 14. The van der Waals surface area contributed by atoms with Gasteiger partial charge in [0, 0.05) is 28.9 Å². The Hall–Kier alpha value is -6.24. The topological polar surface area (TPSA) is 230 Å². The zero-order valence-corrected chi connectivity index (χ0v) is 27.5. The molecule has 5 rings (SSSR count). The van der Waals surface area contributed by atoms with E-state index in [1.807, 2.05) is 12.1 Å². The van der Waals surface area contributed by atoms with Crippen molar-refractivity contribution in [1.82, 2.24) is 30.6 Å². The molecule has 0 saturated heterocycles. The highest BCUT2D eigenvalue weighted by molar-refractivity contribution is 6.39. The van der Waals surface area contributed by atoms with Gasteiger partial charge in [0.25, 0.3) is 5.91 Å². The Morgan fingerprint density at radius 1 is 0.904 bits per heavy atom. The standard InChI is InChI=1S/C32H29ClF3N9O7/c33-19-5-3-18(4-6-19)31(12-13-31)45-29-42-28(43-30(44-29)52-16-32(34,35)36)40-20-7-1-17(2-8-20)24(47)41-22(27(50)51)11-14-37-25(48)26(49)39-21-9-10-23(46)38-15-21/h1-10,15,22H,11-14,16H2,(H,37,48)(H,38,46)(H,39,49)(H,41,47)(H,50,51)(H2,40,42,43,44,45)/t22-/m0/s1. The first-order chi connectivity index (χ1) is 24.7. The predicted octanol–water partition coefficient (Wildman–Crippen LogP) is 3.74. The molecule has 2 heterocycles. The zero-order chi connectivity index (χ0) is 37.5. The predicted molar refractivity (Wildman–Crippen MR) is 178 cm³/mol. The fourth-order valence-corrected chi connectivity index (χ4v) is 4.79. The Kier molecular flexibility index (Phi) is 11.2. The van der Waals surface area contributed by atoms with Crippen molar-refractivity contribution in [2.24, 2.45) is 0 Å². The van der Waals surface area contributed by atoms with Crippen molar-refractivity contribution in [2.75, 3.05) is 29.1 Å². The van der Waals surface area contributed by atoms with E-state index in [0.29, 0.717) is 23.6 Å². The maximum atomic E-state index is 12.9. The van der Waals surface area contributed by atoms with Crippen LogP contribution in [0.4, 0.5) is 36.4 Å². The summed E-state index contributed by atoms with van der Waals surface area (Å²) >= 11 is 6.01. The van der Waals surface area contributed by atoms with E-state index in [1.54, 1.807) is 12.1 Å². The molecule has 1 aliphatic carbocycles. The highest BCUT2D eigenvalue weighted by Gasteiger charge is 2.45. The zero-order valence-electron chi connectivity index (χ0n) is 26.7. The number of aliphatic carboxylic acids is 1. The number of alkyl halides is 3. The Morgan fingerprint density at radius 2 is 1.58 bits per heavy atom. The van der Waals surface area contributed by atoms with Gasteiger partial charge in [-0.3, -0.25) is 14.4 Å². The molecule has 1 atom stereocenters. The van der Waals surface area contributed by atoms with Crippen molar-refractivity contribution in [2.45, 2.75) is 37.0 Å². The van der Waals surface area contributed by atoms with Gasteiger partial charge in [0.2, 0.25) is 17.8 Å². The Balaban J connectivity index is 1.19. The lowest BCUT2D eigenvalue weighted by molar-refractivity contribution is -0.154. The summed E-state index contributed by atoms with van der Waals surface area (Å²) in [5.74, 6) is -4.80. The monoisotopic (exact) mass is 743 g/mol. The molecule has 16 nitrogen and oxygen atoms in total. The number of carboxylic acid groups (broad SMARTS) is 1. The molecule has 2 aromatic carbocycles. The summed E-state index contributed by atoms with van der Waals surface area (Å²) in [7, 11) is 0. The highest BCUT2D eigenvalue weighted by atomic mass is 35.5. The summed E-state index contributed by atoms with van der Waals surface area (Å²) in [6.45, 7) is -1.92. The SMILES string of the molecule is O=C(NCC[C@H](NC(=O)c1ccc(Nc2nc(NC3(c4ccc(Cl)cc4)CC3)nc(OCC(F)(F)F)n2)cc1)C(=O)O)C(=O)Nc1ccc(O)nc1. The third kappa shape index (κ3) is 10.4. The number of aromatic nitrogens is 4. The number of nitrogens with zero attached hydrogens (tertiary/aromatic N) is 4. The number of hydrogen-bond acceptors (Lipinski definition) is 12. The maximum absolute atomic E-state index is 12.9. The molecule has 1 fully saturated rings. The fraction of sp³-hybridized carbons (Fsp3) is 0.250. The number of amides is 3. The van der Waals surface area contributed by atoms with Crippen LogP contribution in [-0.4, -0.2) is 79.2 Å². The molecule has 7 N–H and O–H groups in total. The summed E-state index contributed by atoms with van der Waals surface area (Å²) in [6, 6.07) is 13.1. The van der Waals surface area contributed by atoms with Crippen molar-refractivity contribution >= 4 is 58.6 Å². The molecule has 20 heteroatoms. The highest BCUT2D eigenvalue weighted by Crippen LogP contribution is 2.48. The summed E-state index contributed by atoms with van der Waals surface area (Å²) in [5, 5.41) is 32.2. The second kappa shape index (κ2) is 15.8. The Morgan fingerprint density at radius 3 is 2.19 bits per heavy atom. The van der Waals surface area contributed by atoms with Crippen LogP contribution in [-0.2, 0) is 19.9 Å². The van der Waals surface area contributed by atoms with Gasteiger partial charge < -0.3 is 41.5 Å². The van der Waals surface area contributed by atoms with Crippen molar-refractivity contribution in [3.63, 3.8) is 0 Å². The molecule has 1 aliphatic rings. The van der Waals surface area contributed by atoms with E-state index < -0.39 is 54.1 Å². The second-order valence-electron chi connectivity index (χ2n) is 11.4. The first-order valence-electron chi connectivity index (χ1n) is 15.3. The number of nitrogens with one attached hydrogen (secondary N) is 5. The maximum Gasteiger partial charge on any atom is 0.422 e. The second-order valence-corrected chi connectivity index (χ2v) is 11.8. The lowest BCUT2D eigenvalue weighted by Crippen LogP contribution is -2.44. The molecule has 3 amide bonds. The molecule has 4 aromatic rings. The molecule has 1 saturated carbocycles. The number of anilines is 4. The van der Waals surface area contributed by atoms with E-state index in [4.69, 9.17) is 16.3 Å². The van der Waals surface area contributed by atoms with E-state index in [-0.39, 0.29) is 42.0 Å². The quantitative estimate of drug-likeness (QED) is 0.0915. The fourth-order valence-electron chi connectivity index (χ4n) is 4.66. The minimum absolute atomic E-state index is 0.0496. The van der Waals surface area contributed by atoms with Gasteiger partial charge in [0.05, 0.1) is 17.4 Å².